The molecule has 1 saturated heterocycles. The zero-order valence-corrected chi connectivity index (χ0v) is 15.6. The Hall–Kier alpha value is -2.72. The van der Waals surface area contributed by atoms with Crippen LogP contribution < -0.4 is 5.32 Å². The molecule has 0 aromatic carbocycles. The number of amides is 2. The van der Waals surface area contributed by atoms with Crippen LogP contribution in [0, 0.1) is 0 Å². The van der Waals surface area contributed by atoms with E-state index in [1.54, 1.807) is 15.6 Å². The van der Waals surface area contributed by atoms with Gasteiger partial charge in [-0.2, -0.15) is 5.10 Å². The number of rotatable bonds is 3. The molecule has 0 atom stereocenters. The Bertz CT molecular complexity index is 1010. The predicted octanol–water partition coefficient (Wildman–Crippen LogP) is 2.38. The molecule has 2 N–H and O–H groups in total. The molecule has 11 heteroatoms. The second-order valence-corrected chi connectivity index (χ2v) is 7.41. The number of carboxylic acid groups (broad SMARTS) is 1. The van der Waals surface area contributed by atoms with Gasteiger partial charge in [0, 0.05) is 36.8 Å². The first-order valence-corrected chi connectivity index (χ1v) is 9.51. The zero-order valence-electron chi connectivity index (χ0n) is 14.0. The molecule has 1 aliphatic rings. The molecule has 0 saturated carbocycles. The summed E-state index contributed by atoms with van der Waals surface area (Å²) in [6.07, 6.45) is 3.55. The second kappa shape index (κ2) is 7.12. The molecule has 3 aromatic rings. The highest BCUT2D eigenvalue weighted by atomic mass is 35.5. The summed E-state index contributed by atoms with van der Waals surface area (Å²) in [5.74, 6) is 0.106. The summed E-state index contributed by atoms with van der Waals surface area (Å²) in [4.78, 5) is 34.7. The minimum absolute atomic E-state index is 0.143. The summed E-state index contributed by atoms with van der Waals surface area (Å²) in [5.41, 5.74) is 0.927. The minimum atomic E-state index is -1.05. The second-order valence-electron chi connectivity index (χ2n) is 6.13. The van der Waals surface area contributed by atoms with Gasteiger partial charge in [0.05, 0.1) is 11.8 Å². The molecule has 3 aromatic heterocycles. The van der Waals surface area contributed by atoms with Crippen LogP contribution in [0.3, 0.4) is 0 Å². The third kappa shape index (κ3) is 3.58. The van der Waals surface area contributed by atoms with Gasteiger partial charge in [-0.05, 0) is 12.8 Å². The number of hydrogen-bond donors (Lipinski definition) is 2. The van der Waals surface area contributed by atoms with E-state index in [1.807, 2.05) is 11.6 Å². The Kier molecular flexibility index (Phi) is 4.66. The topological polar surface area (TPSA) is 113 Å². The van der Waals surface area contributed by atoms with Gasteiger partial charge in [-0.1, -0.05) is 11.6 Å². The molecule has 4 heterocycles. The third-order valence-electron chi connectivity index (χ3n) is 4.40. The lowest BCUT2D eigenvalue weighted by Crippen LogP contribution is -2.46. The van der Waals surface area contributed by atoms with Crippen LogP contribution in [-0.2, 0) is 0 Å². The van der Waals surface area contributed by atoms with Crippen LogP contribution >= 0.6 is 22.9 Å². The number of nitrogens with zero attached hydrogens (tertiary/aromatic N) is 5. The Morgan fingerprint density at radius 2 is 2.07 bits per heavy atom. The van der Waals surface area contributed by atoms with Crippen molar-refractivity contribution < 1.29 is 14.7 Å². The van der Waals surface area contributed by atoms with Crippen molar-refractivity contribution in [2.45, 2.75) is 18.9 Å². The fraction of sp³-hybridized carbons (Fsp3) is 0.312. The summed E-state index contributed by atoms with van der Waals surface area (Å²) >= 11 is 7.63. The summed E-state index contributed by atoms with van der Waals surface area (Å²) in [7, 11) is 0. The fourth-order valence-corrected chi connectivity index (χ4v) is 4.07. The molecule has 4 rings (SSSR count). The van der Waals surface area contributed by atoms with Gasteiger partial charge in [0.1, 0.15) is 15.7 Å². The first-order valence-electron chi connectivity index (χ1n) is 8.26. The van der Waals surface area contributed by atoms with Crippen molar-refractivity contribution in [1.29, 1.82) is 0 Å². The summed E-state index contributed by atoms with van der Waals surface area (Å²) in [6.45, 7) is 0.896. The van der Waals surface area contributed by atoms with Gasteiger partial charge in [-0.3, -0.25) is 4.79 Å². The minimum Gasteiger partial charge on any atom is -0.465 e. The lowest BCUT2D eigenvalue weighted by Gasteiger charge is -2.31. The SMILES string of the molecule is O=C(O)NC1CCN(C(=O)c2cc(Cl)nc(-c3cnn4ccsc34)n2)CC1. The zero-order chi connectivity index (χ0) is 19.0. The average Bonchev–Trinajstić information content (AvgIpc) is 3.24. The molecule has 0 bridgehead atoms. The maximum absolute atomic E-state index is 12.8. The molecule has 1 fully saturated rings. The van der Waals surface area contributed by atoms with Crippen molar-refractivity contribution in [3.8, 4) is 11.4 Å². The molecule has 1 aliphatic heterocycles. The van der Waals surface area contributed by atoms with Crippen molar-refractivity contribution >= 4 is 39.8 Å². The monoisotopic (exact) mass is 406 g/mol. The molecule has 140 valence electrons. The maximum atomic E-state index is 12.8. The quantitative estimate of drug-likeness (QED) is 0.645. The van der Waals surface area contributed by atoms with Gasteiger partial charge in [-0.15, -0.1) is 11.3 Å². The number of carbonyl (C=O) groups is 2. The number of thiazole rings is 1. The van der Waals surface area contributed by atoms with E-state index in [-0.39, 0.29) is 22.8 Å². The normalized spacial score (nSPS) is 15.2. The number of carbonyl (C=O) groups excluding carboxylic acids is 1. The van der Waals surface area contributed by atoms with E-state index < -0.39 is 6.09 Å². The molecular weight excluding hydrogens is 392 g/mol. The van der Waals surface area contributed by atoms with Crippen LogP contribution in [0.2, 0.25) is 5.15 Å². The third-order valence-corrected chi connectivity index (χ3v) is 5.48. The molecule has 27 heavy (non-hydrogen) atoms. The molecule has 0 aliphatic carbocycles. The number of nitrogens with one attached hydrogen (secondary N) is 1. The van der Waals surface area contributed by atoms with E-state index in [0.29, 0.717) is 37.3 Å². The molecule has 9 nitrogen and oxygen atoms in total. The highest BCUT2D eigenvalue weighted by Gasteiger charge is 2.26. The van der Waals surface area contributed by atoms with Crippen LogP contribution in [0.1, 0.15) is 23.3 Å². The number of hydrogen-bond acceptors (Lipinski definition) is 6. The summed E-state index contributed by atoms with van der Waals surface area (Å²) < 4.78 is 1.71. The number of fused-ring (bicyclic) bond motifs is 1. The average molecular weight is 407 g/mol. The van der Waals surface area contributed by atoms with Crippen molar-refractivity contribution in [3.05, 3.63) is 34.7 Å². The molecular formula is C16H15ClN6O3S. The largest absolute Gasteiger partial charge is 0.465 e. The van der Waals surface area contributed by atoms with Gasteiger partial charge in [0.2, 0.25) is 0 Å². The number of likely N-dealkylation sites (tertiary alicyclic amines) is 1. The highest BCUT2D eigenvalue weighted by molar-refractivity contribution is 7.16. The lowest BCUT2D eigenvalue weighted by atomic mass is 10.0. The standard InChI is InChI=1S/C16H15ClN6O3S/c17-12-7-11(14(24)22-3-1-9(2-4-22)19-16(25)26)20-13(21-12)10-8-18-23-5-6-27-15(10)23/h5-9,19H,1-4H2,(H,25,26). The molecule has 0 unspecified atom stereocenters. The Balaban J connectivity index is 1.56. The van der Waals surface area contributed by atoms with E-state index in [2.05, 4.69) is 20.4 Å². The van der Waals surface area contributed by atoms with Crippen LogP contribution in [0.5, 0.6) is 0 Å². The van der Waals surface area contributed by atoms with E-state index in [9.17, 15) is 9.59 Å². The maximum Gasteiger partial charge on any atom is 0.404 e. The van der Waals surface area contributed by atoms with Crippen molar-refractivity contribution in [1.82, 2.24) is 29.8 Å². The first kappa shape index (κ1) is 17.7. The Morgan fingerprint density at radius 3 is 2.81 bits per heavy atom. The lowest BCUT2D eigenvalue weighted by molar-refractivity contribution is 0.0700. The van der Waals surface area contributed by atoms with Gasteiger partial charge in [-0.25, -0.2) is 19.3 Å². The first-order chi connectivity index (χ1) is 13.0. The molecule has 2 amide bonds. The van der Waals surface area contributed by atoms with Crippen LogP contribution in [0.4, 0.5) is 4.79 Å². The van der Waals surface area contributed by atoms with Gasteiger partial charge >= 0.3 is 6.09 Å². The van der Waals surface area contributed by atoms with Crippen molar-refractivity contribution in [3.63, 3.8) is 0 Å². The number of aromatic nitrogens is 4. The van der Waals surface area contributed by atoms with E-state index in [4.69, 9.17) is 16.7 Å². The van der Waals surface area contributed by atoms with Gasteiger partial charge in [0.15, 0.2) is 5.82 Å². The van der Waals surface area contributed by atoms with Gasteiger partial charge in [0.25, 0.3) is 5.91 Å². The van der Waals surface area contributed by atoms with Crippen LogP contribution in [-0.4, -0.2) is 60.7 Å². The van der Waals surface area contributed by atoms with Crippen LogP contribution in [0.15, 0.2) is 23.8 Å². The summed E-state index contributed by atoms with van der Waals surface area (Å²) in [6, 6.07) is 1.31. The Labute approximate surface area is 162 Å². The van der Waals surface area contributed by atoms with E-state index >= 15 is 0 Å². The van der Waals surface area contributed by atoms with Gasteiger partial charge < -0.3 is 15.3 Å². The Morgan fingerprint density at radius 1 is 1.30 bits per heavy atom. The smallest absolute Gasteiger partial charge is 0.404 e. The van der Waals surface area contributed by atoms with E-state index in [1.165, 1.54) is 17.4 Å². The highest BCUT2D eigenvalue weighted by Crippen LogP contribution is 2.26. The number of piperidine rings is 1. The molecule has 0 spiro atoms. The van der Waals surface area contributed by atoms with Crippen molar-refractivity contribution in [2.24, 2.45) is 0 Å². The summed E-state index contributed by atoms with van der Waals surface area (Å²) in [5, 5.41) is 17.6. The molecule has 0 radical (unpaired) electrons. The fourth-order valence-electron chi connectivity index (χ4n) is 3.09. The number of halogens is 1. The predicted molar refractivity (Wildman–Crippen MR) is 99.2 cm³/mol. The van der Waals surface area contributed by atoms with Crippen LogP contribution in [0.25, 0.3) is 16.2 Å². The van der Waals surface area contributed by atoms with E-state index in [0.717, 1.165) is 4.83 Å². The van der Waals surface area contributed by atoms with Crippen molar-refractivity contribution in [2.75, 3.05) is 13.1 Å².